The smallest absolute Gasteiger partial charge is 0.254 e. The molecule has 2 unspecified atom stereocenters. The highest BCUT2D eigenvalue weighted by atomic mass is 16.5. The molecule has 2 aliphatic carbocycles. The molecule has 0 radical (unpaired) electrons. The Morgan fingerprint density at radius 1 is 1.00 bits per heavy atom. The normalized spacial score (nSPS) is 22.3. The third-order valence-corrected chi connectivity index (χ3v) is 11.0. The summed E-state index contributed by atoms with van der Waals surface area (Å²) >= 11 is 0. The lowest BCUT2D eigenvalue weighted by atomic mass is 9.98. The second-order valence-corrected chi connectivity index (χ2v) is 14.0. The zero-order valence-corrected chi connectivity index (χ0v) is 26.5. The lowest BCUT2D eigenvalue weighted by Gasteiger charge is -2.41. The number of rotatable bonds is 8. The predicted octanol–water partition coefficient (Wildman–Crippen LogP) is 5.04. The summed E-state index contributed by atoms with van der Waals surface area (Å²) in [4.78, 5) is 27.8. The minimum atomic E-state index is 0.00893. The average molecular weight is 627 g/mol. The van der Waals surface area contributed by atoms with Crippen LogP contribution in [-0.2, 0) is 13.1 Å². The average Bonchev–Trinajstić information content (AvgIpc) is 3.44. The van der Waals surface area contributed by atoms with Gasteiger partial charge in [0.15, 0.2) is 5.82 Å². The minimum Gasteiger partial charge on any atom is -0.494 e. The van der Waals surface area contributed by atoms with Crippen molar-refractivity contribution in [3.05, 3.63) is 72.1 Å². The number of hydrogen-bond acceptors (Lipinski definition) is 7. The fourth-order valence-corrected chi connectivity index (χ4v) is 8.30. The fraction of sp³-hybridized carbons (Fsp3) is 0.405. The van der Waals surface area contributed by atoms with Crippen LogP contribution in [0.2, 0.25) is 0 Å². The third kappa shape index (κ3) is 4.67. The van der Waals surface area contributed by atoms with Crippen molar-refractivity contribution in [2.24, 2.45) is 23.5 Å². The fourth-order valence-electron chi connectivity index (χ4n) is 8.30. The van der Waals surface area contributed by atoms with Gasteiger partial charge < -0.3 is 29.4 Å². The van der Waals surface area contributed by atoms with E-state index in [0.717, 1.165) is 73.8 Å². The van der Waals surface area contributed by atoms with Crippen LogP contribution in [0.3, 0.4) is 0 Å². The highest BCUT2D eigenvalue weighted by molar-refractivity contribution is 6.00. The summed E-state index contributed by atoms with van der Waals surface area (Å²) < 4.78 is 10.8. The van der Waals surface area contributed by atoms with Crippen molar-refractivity contribution < 1.29 is 9.53 Å². The van der Waals surface area contributed by atoms with Gasteiger partial charge in [-0.1, -0.05) is 18.2 Å². The Morgan fingerprint density at radius 2 is 1.83 bits per heavy atom. The Balaban J connectivity index is 1.14. The number of nitrogens with zero attached hydrogens (tertiary/aromatic N) is 7. The summed E-state index contributed by atoms with van der Waals surface area (Å²) in [5.74, 6) is 2.98. The number of amides is 1. The largest absolute Gasteiger partial charge is 0.494 e. The molecule has 2 saturated carbocycles. The van der Waals surface area contributed by atoms with Gasteiger partial charge in [-0.05, 0) is 67.9 Å². The summed E-state index contributed by atoms with van der Waals surface area (Å²) in [5.41, 5.74) is 12.6. The molecule has 9 rings (SSSR count). The molecular formula is C37H38N8O2. The lowest BCUT2D eigenvalue weighted by molar-refractivity contribution is 0.0700. The first-order valence-electron chi connectivity index (χ1n) is 16.8. The molecule has 2 N–H and O–H groups in total. The van der Waals surface area contributed by atoms with Crippen LogP contribution >= 0.6 is 0 Å². The number of ether oxygens (including phenoxy) is 1. The van der Waals surface area contributed by atoms with Crippen LogP contribution < -0.4 is 15.4 Å². The van der Waals surface area contributed by atoms with Crippen molar-refractivity contribution >= 4 is 33.5 Å². The number of fused-ring (bicyclic) bond motifs is 4. The molecule has 238 valence electrons. The molecule has 3 aromatic heterocycles. The van der Waals surface area contributed by atoms with E-state index in [4.69, 9.17) is 15.5 Å². The van der Waals surface area contributed by atoms with Gasteiger partial charge in [0.25, 0.3) is 5.91 Å². The number of nitriles is 1. The Hall–Kier alpha value is -4.88. The number of nitrogens with two attached hydrogens (primary N) is 1. The van der Waals surface area contributed by atoms with Crippen molar-refractivity contribution in [1.29, 1.82) is 5.26 Å². The van der Waals surface area contributed by atoms with Gasteiger partial charge in [0.1, 0.15) is 17.3 Å². The van der Waals surface area contributed by atoms with E-state index in [0.29, 0.717) is 34.6 Å². The maximum atomic E-state index is 14.0. The van der Waals surface area contributed by atoms with E-state index in [9.17, 15) is 10.1 Å². The number of benzene rings is 2. The number of imidazole rings is 1. The molecule has 10 heteroatoms. The second kappa shape index (κ2) is 10.8. The Kier molecular flexibility index (Phi) is 6.54. The number of carbonyl (C=O) groups is 1. The number of carbonyl (C=O) groups excluding carboxylic acids is 1. The second-order valence-electron chi connectivity index (χ2n) is 14.0. The number of anilines is 1. The molecule has 2 saturated heterocycles. The number of para-hydroxylation sites is 1. The first-order chi connectivity index (χ1) is 23.0. The molecule has 5 aromatic rings. The van der Waals surface area contributed by atoms with Crippen LogP contribution in [0.4, 0.5) is 5.69 Å². The molecule has 1 amide bonds. The zero-order chi connectivity index (χ0) is 31.8. The molecule has 2 aliphatic heterocycles. The SMILES string of the molecule is COc1cc(C(=O)N2CC3CCC2[C@@H]3N)cc2nc(-c3cc4ccccc4n3CC3CC3)n(CC3CN(c4cncc(C#N)c4)C3)c12. The van der Waals surface area contributed by atoms with Crippen LogP contribution in [0.15, 0.2) is 60.9 Å². The number of likely N-dealkylation sites (tertiary alicyclic amines) is 1. The molecule has 10 nitrogen and oxygen atoms in total. The number of hydrogen-bond donors (Lipinski definition) is 1. The van der Waals surface area contributed by atoms with E-state index in [1.807, 2.05) is 29.3 Å². The van der Waals surface area contributed by atoms with Gasteiger partial charge in [0, 0.05) is 73.4 Å². The maximum Gasteiger partial charge on any atom is 0.254 e. The first-order valence-corrected chi connectivity index (χ1v) is 16.8. The van der Waals surface area contributed by atoms with Gasteiger partial charge >= 0.3 is 0 Å². The molecule has 4 aliphatic rings. The van der Waals surface area contributed by atoms with E-state index < -0.39 is 0 Å². The van der Waals surface area contributed by atoms with Crippen molar-refractivity contribution in [3.63, 3.8) is 0 Å². The maximum absolute atomic E-state index is 14.0. The van der Waals surface area contributed by atoms with Crippen molar-refractivity contribution in [1.82, 2.24) is 24.0 Å². The summed E-state index contributed by atoms with van der Waals surface area (Å²) in [6.45, 7) is 4.11. The van der Waals surface area contributed by atoms with Crippen LogP contribution in [0.5, 0.6) is 5.75 Å². The minimum absolute atomic E-state index is 0.00893. The van der Waals surface area contributed by atoms with Gasteiger partial charge in [-0.3, -0.25) is 9.78 Å². The van der Waals surface area contributed by atoms with Gasteiger partial charge in [-0.2, -0.15) is 5.26 Å². The lowest BCUT2D eigenvalue weighted by Crippen LogP contribution is -2.48. The van der Waals surface area contributed by atoms with E-state index in [2.05, 4.69) is 55.4 Å². The standard InChI is InChI=1S/C37H38N8O2/c1-47-33-13-27(37(46)44-21-26-8-9-31(44)34(26)39)11-29-35(33)45(20-24-17-42(18-24)28-10-23(14-38)15-40-16-28)36(41-29)32-12-25-4-2-3-5-30(25)43(32)19-22-6-7-22/h2-5,10-13,15-16,22,24,26,31,34H,6-9,17-21,39H2,1H3/t26?,31?,34-/m1/s1. The highest BCUT2D eigenvalue weighted by Gasteiger charge is 2.47. The van der Waals surface area contributed by atoms with Crippen molar-refractivity contribution in [3.8, 4) is 23.3 Å². The first kappa shape index (κ1) is 28.4. The monoisotopic (exact) mass is 626 g/mol. The van der Waals surface area contributed by atoms with Crippen LogP contribution in [0.25, 0.3) is 33.5 Å². The van der Waals surface area contributed by atoms with Crippen LogP contribution in [-0.4, -0.2) is 68.7 Å². The summed E-state index contributed by atoms with van der Waals surface area (Å²) in [6.07, 6.45) is 7.99. The molecule has 0 spiro atoms. The Morgan fingerprint density at radius 3 is 2.57 bits per heavy atom. The van der Waals surface area contributed by atoms with Gasteiger partial charge in [0.2, 0.25) is 0 Å². The van der Waals surface area contributed by atoms with Crippen molar-refractivity contribution in [2.45, 2.75) is 50.9 Å². The number of methoxy groups -OCH3 is 1. The van der Waals surface area contributed by atoms with Gasteiger partial charge in [-0.25, -0.2) is 4.98 Å². The molecule has 2 bridgehead atoms. The zero-order valence-electron chi connectivity index (χ0n) is 26.5. The molecule has 4 fully saturated rings. The highest BCUT2D eigenvalue weighted by Crippen LogP contribution is 2.41. The van der Waals surface area contributed by atoms with E-state index in [1.165, 1.54) is 23.7 Å². The molecule has 47 heavy (non-hydrogen) atoms. The summed E-state index contributed by atoms with van der Waals surface area (Å²) in [6, 6.07) is 19.0. The Labute approximate surface area is 273 Å². The summed E-state index contributed by atoms with van der Waals surface area (Å²) in [7, 11) is 1.68. The molecule has 5 heterocycles. The van der Waals surface area contributed by atoms with Crippen molar-refractivity contribution in [2.75, 3.05) is 31.6 Å². The van der Waals surface area contributed by atoms with Gasteiger partial charge in [-0.15, -0.1) is 0 Å². The Bertz CT molecular complexity index is 2080. The van der Waals surface area contributed by atoms with Gasteiger partial charge in [0.05, 0.1) is 35.8 Å². The molecule has 3 atom stereocenters. The summed E-state index contributed by atoms with van der Waals surface area (Å²) in [5, 5.41) is 10.6. The van der Waals surface area contributed by atoms with E-state index in [-0.39, 0.29) is 18.0 Å². The topological polar surface area (TPSA) is 118 Å². The van der Waals surface area contributed by atoms with E-state index >= 15 is 0 Å². The molecular weight excluding hydrogens is 588 g/mol. The number of pyridine rings is 1. The third-order valence-electron chi connectivity index (χ3n) is 11.0. The van der Waals surface area contributed by atoms with Crippen LogP contribution in [0.1, 0.15) is 41.6 Å². The number of aromatic nitrogens is 4. The predicted molar refractivity (Wildman–Crippen MR) is 180 cm³/mol. The van der Waals surface area contributed by atoms with Crippen LogP contribution in [0, 0.1) is 29.1 Å². The van der Waals surface area contributed by atoms with E-state index in [1.54, 1.807) is 13.3 Å². The molecule has 2 aromatic carbocycles. The quantitative estimate of drug-likeness (QED) is 0.256. The number of piperidine rings is 1.